The van der Waals surface area contributed by atoms with E-state index in [1.807, 2.05) is 24.4 Å². The van der Waals surface area contributed by atoms with E-state index in [4.69, 9.17) is 14.7 Å². The summed E-state index contributed by atoms with van der Waals surface area (Å²) in [5, 5.41) is 4.71. The predicted octanol–water partition coefficient (Wildman–Crippen LogP) is 8.10. The van der Waals surface area contributed by atoms with Gasteiger partial charge in [0, 0.05) is 17.1 Å². The normalized spacial score (nSPS) is 11.1. The standard InChI is InChI=1S/C32H24N2O/c1-21-15-23-7-3-4-8-24(23)16-29(21)30-18-27(22-11-13-28(35-2)14-12-22)19-32(34-30)31-17-25-9-5-6-10-26(25)20-33-31/h3-20H,1-2H3. The van der Waals surface area contributed by atoms with Crippen LogP contribution in [0.25, 0.3) is 55.3 Å². The van der Waals surface area contributed by atoms with E-state index in [9.17, 15) is 0 Å². The maximum Gasteiger partial charge on any atom is 0.118 e. The zero-order chi connectivity index (χ0) is 23.8. The molecule has 0 amide bonds. The highest BCUT2D eigenvalue weighted by molar-refractivity contribution is 5.90. The molecule has 0 aliphatic heterocycles. The number of pyridine rings is 2. The molecule has 0 spiro atoms. The second-order valence-corrected chi connectivity index (χ2v) is 8.79. The van der Waals surface area contributed by atoms with Gasteiger partial charge in [-0.15, -0.1) is 0 Å². The molecule has 3 heteroatoms. The number of aryl methyl sites for hydroxylation is 1. The second kappa shape index (κ2) is 8.69. The largest absolute Gasteiger partial charge is 0.497 e. The van der Waals surface area contributed by atoms with Crippen LogP contribution in [0.5, 0.6) is 5.75 Å². The van der Waals surface area contributed by atoms with Gasteiger partial charge in [-0.1, -0.05) is 66.7 Å². The quantitative estimate of drug-likeness (QED) is 0.271. The molecule has 0 radical (unpaired) electrons. The first-order chi connectivity index (χ1) is 17.2. The molecule has 3 nitrogen and oxygen atoms in total. The molecular formula is C32H24N2O. The van der Waals surface area contributed by atoms with Crippen molar-refractivity contribution in [3.8, 4) is 39.5 Å². The van der Waals surface area contributed by atoms with Gasteiger partial charge >= 0.3 is 0 Å². The van der Waals surface area contributed by atoms with Crippen LogP contribution >= 0.6 is 0 Å². The van der Waals surface area contributed by atoms with Gasteiger partial charge in [0.25, 0.3) is 0 Å². The molecule has 6 rings (SSSR count). The fourth-order valence-electron chi connectivity index (χ4n) is 4.60. The number of nitrogens with zero attached hydrogens (tertiary/aromatic N) is 2. The van der Waals surface area contributed by atoms with Crippen LogP contribution in [-0.4, -0.2) is 17.1 Å². The Kier molecular flexibility index (Phi) is 5.23. The monoisotopic (exact) mass is 452 g/mol. The molecule has 0 bridgehead atoms. The number of ether oxygens (including phenoxy) is 1. The average Bonchev–Trinajstić information content (AvgIpc) is 2.92. The summed E-state index contributed by atoms with van der Waals surface area (Å²) in [6.45, 7) is 2.15. The highest BCUT2D eigenvalue weighted by Crippen LogP contribution is 2.34. The molecule has 2 aromatic heterocycles. The molecular weight excluding hydrogens is 428 g/mol. The van der Waals surface area contributed by atoms with Crippen LogP contribution in [0.15, 0.2) is 109 Å². The molecule has 0 fully saturated rings. The van der Waals surface area contributed by atoms with E-state index in [-0.39, 0.29) is 0 Å². The molecule has 2 heterocycles. The Morgan fingerprint density at radius 3 is 1.91 bits per heavy atom. The summed E-state index contributed by atoms with van der Waals surface area (Å²) < 4.78 is 5.37. The van der Waals surface area contributed by atoms with Crippen LogP contribution < -0.4 is 4.74 Å². The lowest BCUT2D eigenvalue weighted by Gasteiger charge is -2.13. The summed E-state index contributed by atoms with van der Waals surface area (Å²) in [6.07, 6.45) is 1.92. The van der Waals surface area contributed by atoms with Crippen molar-refractivity contribution in [3.63, 3.8) is 0 Å². The van der Waals surface area contributed by atoms with E-state index in [1.54, 1.807) is 7.11 Å². The first-order valence-electron chi connectivity index (χ1n) is 11.7. The van der Waals surface area contributed by atoms with Crippen LogP contribution in [0.3, 0.4) is 0 Å². The molecule has 0 atom stereocenters. The van der Waals surface area contributed by atoms with Crippen LogP contribution in [0.4, 0.5) is 0 Å². The maximum absolute atomic E-state index is 5.37. The summed E-state index contributed by atoms with van der Waals surface area (Å²) in [5.41, 5.74) is 7.17. The average molecular weight is 453 g/mol. The van der Waals surface area contributed by atoms with Gasteiger partial charge in [-0.3, -0.25) is 4.98 Å². The van der Waals surface area contributed by atoms with E-state index >= 15 is 0 Å². The van der Waals surface area contributed by atoms with Crippen molar-refractivity contribution in [1.82, 2.24) is 9.97 Å². The van der Waals surface area contributed by atoms with Gasteiger partial charge in [0.15, 0.2) is 0 Å². The van der Waals surface area contributed by atoms with Gasteiger partial charge in [-0.25, -0.2) is 4.98 Å². The Balaban J connectivity index is 1.57. The molecule has 0 N–H and O–H groups in total. The van der Waals surface area contributed by atoms with Crippen LogP contribution in [0, 0.1) is 6.92 Å². The number of hydrogen-bond donors (Lipinski definition) is 0. The molecule has 0 unspecified atom stereocenters. The number of rotatable bonds is 4. The third-order valence-corrected chi connectivity index (χ3v) is 6.51. The van der Waals surface area contributed by atoms with Crippen LogP contribution in [0.2, 0.25) is 0 Å². The van der Waals surface area contributed by atoms with Gasteiger partial charge in [-0.05, 0) is 76.2 Å². The number of aromatic nitrogens is 2. The van der Waals surface area contributed by atoms with Crippen molar-refractivity contribution in [1.29, 1.82) is 0 Å². The van der Waals surface area contributed by atoms with Gasteiger partial charge in [0.2, 0.25) is 0 Å². The molecule has 0 saturated heterocycles. The lowest BCUT2D eigenvalue weighted by atomic mass is 9.96. The zero-order valence-electron chi connectivity index (χ0n) is 19.7. The van der Waals surface area contributed by atoms with Crippen LogP contribution in [0.1, 0.15) is 5.56 Å². The molecule has 6 aromatic rings. The Bertz CT molecular complexity index is 1690. The number of hydrogen-bond acceptors (Lipinski definition) is 3. The molecule has 168 valence electrons. The Morgan fingerprint density at radius 2 is 1.20 bits per heavy atom. The van der Waals surface area contributed by atoms with Crippen molar-refractivity contribution in [2.75, 3.05) is 7.11 Å². The van der Waals surface area contributed by atoms with Gasteiger partial charge in [0.05, 0.1) is 24.2 Å². The first kappa shape index (κ1) is 21.1. The zero-order valence-corrected chi connectivity index (χ0v) is 19.7. The third kappa shape index (κ3) is 4.02. The van der Waals surface area contributed by atoms with E-state index < -0.39 is 0 Å². The highest BCUT2D eigenvalue weighted by atomic mass is 16.5. The smallest absolute Gasteiger partial charge is 0.118 e. The number of fused-ring (bicyclic) bond motifs is 2. The Morgan fingerprint density at radius 1 is 0.571 bits per heavy atom. The fourth-order valence-corrected chi connectivity index (χ4v) is 4.60. The Labute approximate surface area is 204 Å². The van der Waals surface area contributed by atoms with E-state index in [1.165, 1.54) is 16.3 Å². The molecule has 35 heavy (non-hydrogen) atoms. The lowest BCUT2D eigenvalue weighted by molar-refractivity contribution is 0.415. The minimum Gasteiger partial charge on any atom is -0.497 e. The van der Waals surface area contributed by atoms with Crippen molar-refractivity contribution in [3.05, 3.63) is 115 Å². The summed E-state index contributed by atoms with van der Waals surface area (Å²) >= 11 is 0. The number of methoxy groups -OCH3 is 1. The summed E-state index contributed by atoms with van der Waals surface area (Å²) in [6, 6.07) is 35.8. The molecule has 0 aliphatic rings. The summed E-state index contributed by atoms with van der Waals surface area (Å²) in [5.74, 6) is 0.838. The Hall–Kier alpha value is -4.50. The minimum absolute atomic E-state index is 0.838. The van der Waals surface area contributed by atoms with Gasteiger partial charge < -0.3 is 4.74 Å². The summed E-state index contributed by atoms with van der Waals surface area (Å²) in [7, 11) is 1.69. The molecule has 4 aromatic carbocycles. The highest BCUT2D eigenvalue weighted by Gasteiger charge is 2.13. The van der Waals surface area contributed by atoms with Crippen molar-refractivity contribution in [2.45, 2.75) is 6.92 Å². The lowest BCUT2D eigenvalue weighted by Crippen LogP contribution is -1.95. The summed E-state index contributed by atoms with van der Waals surface area (Å²) in [4.78, 5) is 9.88. The minimum atomic E-state index is 0.838. The third-order valence-electron chi connectivity index (χ3n) is 6.51. The maximum atomic E-state index is 5.37. The van der Waals surface area contributed by atoms with Crippen molar-refractivity contribution in [2.24, 2.45) is 0 Å². The topological polar surface area (TPSA) is 35.0 Å². The van der Waals surface area contributed by atoms with E-state index in [0.29, 0.717) is 0 Å². The number of benzene rings is 4. The van der Waals surface area contributed by atoms with Crippen molar-refractivity contribution >= 4 is 21.5 Å². The fraction of sp³-hybridized carbons (Fsp3) is 0.0625. The van der Waals surface area contributed by atoms with E-state index in [2.05, 4.69) is 91.9 Å². The second-order valence-electron chi connectivity index (χ2n) is 8.79. The van der Waals surface area contributed by atoms with Gasteiger partial charge in [-0.2, -0.15) is 0 Å². The van der Waals surface area contributed by atoms with Crippen molar-refractivity contribution < 1.29 is 4.74 Å². The molecule has 0 aliphatic carbocycles. The van der Waals surface area contributed by atoms with E-state index in [0.717, 1.165) is 50.3 Å². The van der Waals surface area contributed by atoms with Crippen LogP contribution in [-0.2, 0) is 0 Å². The predicted molar refractivity (Wildman–Crippen MR) is 145 cm³/mol. The first-order valence-corrected chi connectivity index (χ1v) is 11.7. The SMILES string of the molecule is COc1ccc(-c2cc(-c3cc4ccccc4cn3)nc(-c3cc4ccccc4cc3C)c2)cc1. The van der Waals surface area contributed by atoms with Gasteiger partial charge in [0.1, 0.15) is 5.75 Å². The molecule has 0 saturated carbocycles.